The Morgan fingerprint density at radius 2 is 2.08 bits per heavy atom. The van der Waals surface area contributed by atoms with E-state index in [1.165, 1.54) is 11.1 Å². The van der Waals surface area contributed by atoms with Crippen LogP contribution in [0.2, 0.25) is 0 Å². The van der Waals surface area contributed by atoms with Crippen LogP contribution in [-0.2, 0) is 6.42 Å². The van der Waals surface area contributed by atoms with E-state index in [0.717, 1.165) is 12.8 Å². The van der Waals surface area contributed by atoms with Gasteiger partial charge in [0, 0.05) is 5.88 Å². The van der Waals surface area contributed by atoms with Crippen LogP contribution < -0.4 is 0 Å². The van der Waals surface area contributed by atoms with E-state index in [1.807, 2.05) is 0 Å². The van der Waals surface area contributed by atoms with Crippen molar-refractivity contribution in [3.05, 3.63) is 41.5 Å². The number of halogens is 1. The lowest BCUT2D eigenvalue weighted by Gasteiger charge is -2.01. The third kappa shape index (κ3) is 3.23. The Morgan fingerprint density at radius 1 is 1.31 bits per heavy atom. The van der Waals surface area contributed by atoms with Gasteiger partial charge >= 0.3 is 0 Å². The Balaban J connectivity index is 2.74. The van der Waals surface area contributed by atoms with Gasteiger partial charge < -0.3 is 0 Å². The molecule has 0 spiro atoms. The van der Waals surface area contributed by atoms with Gasteiger partial charge in [-0.25, -0.2) is 0 Å². The van der Waals surface area contributed by atoms with Gasteiger partial charge in [0.25, 0.3) is 0 Å². The predicted molar refractivity (Wildman–Crippen MR) is 60.2 cm³/mol. The largest absolute Gasteiger partial charge is 0.126 e. The monoisotopic (exact) mass is 194 g/mol. The van der Waals surface area contributed by atoms with E-state index < -0.39 is 0 Å². The quantitative estimate of drug-likeness (QED) is 0.638. The zero-order chi connectivity index (χ0) is 9.52. The van der Waals surface area contributed by atoms with Gasteiger partial charge in [-0.1, -0.05) is 43.3 Å². The van der Waals surface area contributed by atoms with Crippen molar-refractivity contribution in [3.8, 4) is 0 Å². The van der Waals surface area contributed by atoms with Crippen LogP contribution in [0.3, 0.4) is 0 Å². The molecule has 0 aliphatic carbocycles. The smallest absolute Gasteiger partial charge is 0.0258 e. The Labute approximate surface area is 85.2 Å². The molecule has 0 radical (unpaired) electrons. The first-order valence-corrected chi connectivity index (χ1v) is 5.22. The SMILES string of the molecule is CCc1ccccc1C=CCCCl. The van der Waals surface area contributed by atoms with Crippen LogP contribution >= 0.6 is 11.6 Å². The van der Waals surface area contributed by atoms with E-state index >= 15 is 0 Å². The number of aryl methyl sites for hydroxylation is 1. The highest BCUT2D eigenvalue weighted by molar-refractivity contribution is 6.17. The van der Waals surface area contributed by atoms with Crippen molar-refractivity contribution in [2.75, 3.05) is 5.88 Å². The van der Waals surface area contributed by atoms with Gasteiger partial charge in [0.05, 0.1) is 0 Å². The van der Waals surface area contributed by atoms with E-state index in [-0.39, 0.29) is 0 Å². The molecule has 1 aromatic carbocycles. The summed E-state index contributed by atoms with van der Waals surface area (Å²) in [6.45, 7) is 2.17. The Hall–Kier alpha value is -0.750. The maximum Gasteiger partial charge on any atom is 0.0258 e. The van der Waals surface area contributed by atoms with Crippen molar-refractivity contribution in [2.24, 2.45) is 0 Å². The van der Waals surface area contributed by atoms with Crippen molar-refractivity contribution in [1.82, 2.24) is 0 Å². The fraction of sp³-hybridized carbons (Fsp3) is 0.333. The van der Waals surface area contributed by atoms with Gasteiger partial charge in [-0.05, 0) is 24.0 Å². The Morgan fingerprint density at radius 3 is 2.77 bits per heavy atom. The minimum absolute atomic E-state index is 0.699. The van der Waals surface area contributed by atoms with Gasteiger partial charge in [0.2, 0.25) is 0 Å². The van der Waals surface area contributed by atoms with Crippen molar-refractivity contribution in [3.63, 3.8) is 0 Å². The van der Waals surface area contributed by atoms with Crippen LogP contribution in [0.1, 0.15) is 24.5 Å². The molecule has 0 nitrogen and oxygen atoms in total. The lowest BCUT2D eigenvalue weighted by molar-refractivity contribution is 1.13. The second-order valence-corrected chi connectivity index (χ2v) is 3.31. The van der Waals surface area contributed by atoms with Crippen molar-refractivity contribution < 1.29 is 0 Å². The maximum atomic E-state index is 5.59. The van der Waals surface area contributed by atoms with Crippen molar-refractivity contribution in [2.45, 2.75) is 19.8 Å². The molecule has 0 saturated carbocycles. The fourth-order valence-corrected chi connectivity index (χ4v) is 1.42. The molecule has 0 bridgehead atoms. The van der Waals surface area contributed by atoms with Crippen LogP contribution in [0, 0.1) is 0 Å². The minimum atomic E-state index is 0.699. The zero-order valence-electron chi connectivity index (χ0n) is 7.96. The topological polar surface area (TPSA) is 0 Å². The second-order valence-electron chi connectivity index (χ2n) is 2.93. The average molecular weight is 195 g/mol. The predicted octanol–water partition coefficient (Wildman–Crippen LogP) is 3.89. The lowest BCUT2D eigenvalue weighted by Crippen LogP contribution is -1.84. The molecule has 70 valence electrons. The van der Waals surface area contributed by atoms with E-state index in [4.69, 9.17) is 11.6 Å². The Kier molecular flexibility index (Phi) is 4.63. The fourth-order valence-electron chi connectivity index (χ4n) is 1.29. The van der Waals surface area contributed by atoms with Gasteiger partial charge in [0.1, 0.15) is 0 Å². The summed E-state index contributed by atoms with van der Waals surface area (Å²) in [6.07, 6.45) is 6.31. The molecule has 0 N–H and O–H groups in total. The minimum Gasteiger partial charge on any atom is -0.126 e. The van der Waals surface area contributed by atoms with Crippen LogP contribution in [0.25, 0.3) is 6.08 Å². The third-order valence-electron chi connectivity index (χ3n) is 2.01. The summed E-state index contributed by atoms with van der Waals surface area (Å²) in [5, 5.41) is 0. The third-order valence-corrected chi connectivity index (χ3v) is 2.23. The molecule has 13 heavy (non-hydrogen) atoms. The highest BCUT2D eigenvalue weighted by Crippen LogP contribution is 2.11. The standard InChI is InChI=1S/C12H15Cl/c1-2-11-7-3-4-8-12(11)9-5-6-10-13/h3-5,7-9H,2,6,10H2,1H3. The van der Waals surface area contributed by atoms with E-state index in [0.29, 0.717) is 5.88 Å². The molecule has 0 aliphatic heterocycles. The number of benzene rings is 1. The van der Waals surface area contributed by atoms with Crippen LogP contribution in [0.15, 0.2) is 30.3 Å². The molecule has 0 unspecified atom stereocenters. The molecule has 0 aliphatic rings. The van der Waals surface area contributed by atoms with E-state index in [2.05, 4.69) is 43.3 Å². The van der Waals surface area contributed by atoms with Gasteiger partial charge in [-0.2, -0.15) is 0 Å². The maximum absolute atomic E-state index is 5.59. The Bertz CT molecular complexity index is 276. The molecule has 0 amide bonds. The van der Waals surface area contributed by atoms with Crippen LogP contribution in [-0.4, -0.2) is 5.88 Å². The summed E-state index contributed by atoms with van der Waals surface area (Å²) in [6, 6.07) is 8.46. The molecule has 0 fully saturated rings. The van der Waals surface area contributed by atoms with Crippen LogP contribution in [0.5, 0.6) is 0 Å². The number of rotatable bonds is 4. The molecule has 1 heteroatoms. The second kappa shape index (κ2) is 5.82. The first-order valence-electron chi connectivity index (χ1n) is 4.69. The number of hydrogen-bond donors (Lipinski definition) is 0. The highest BCUT2D eigenvalue weighted by atomic mass is 35.5. The summed E-state index contributed by atoms with van der Waals surface area (Å²) in [5.74, 6) is 0.699. The summed E-state index contributed by atoms with van der Waals surface area (Å²) in [4.78, 5) is 0. The lowest BCUT2D eigenvalue weighted by atomic mass is 10.0. The molecule has 0 aromatic heterocycles. The highest BCUT2D eigenvalue weighted by Gasteiger charge is 1.93. The van der Waals surface area contributed by atoms with Crippen molar-refractivity contribution in [1.29, 1.82) is 0 Å². The summed E-state index contributed by atoms with van der Waals surface area (Å²) < 4.78 is 0. The van der Waals surface area contributed by atoms with Crippen molar-refractivity contribution >= 4 is 17.7 Å². The normalized spacial score (nSPS) is 10.9. The molecule has 0 atom stereocenters. The van der Waals surface area contributed by atoms with Gasteiger partial charge in [0.15, 0.2) is 0 Å². The molecular formula is C12H15Cl. The number of hydrogen-bond acceptors (Lipinski definition) is 0. The molecule has 1 aromatic rings. The molecular weight excluding hydrogens is 180 g/mol. The first-order chi connectivity index (χ1) is 6.38. The first kappa shape index (κ1) is 10.3. The van der Waals surface area contributed by atoms with E-state index in [9.17, 15) is 0 Å². The van der Waals surface area contributed by atoms with E-state index in [1.54, 1.807) is 0 Å². The molecule has 0 heterocycles. The summed E-state index contributed by atoms with van der Waals surface area (Å²) in [7, 11) is 0. The molecule has 1 rings (SSSR count). The zero-order valence-corrected chi connectivity index (χ0v) is 8.72. The van der Waals surface area contributed by atoms with Gasteiger partial charge in [-0.3, -0.25) is 0 Å². The van der Waals surface area contributed by atoms with Gasteiger partial charge in [-0.15, -0.1) is 11.6 Å². The average Bonchev–Trinajstić information content (AvgIpc) is 2.19. The summed E-state index contributed by atoms with van der Waals surface area (Å²) in [5.41, 5.74) is 2.71. The number of allylic oxidation sites excluding steroid dienone is 1. The summed E-state index contributed by atoms with van der Waals surface area (Å²) >= 11 is 5.59. The number of alkyl halides is 1. The van der Waals surface area contributed by atoms with Crippen LogP contribution in [0.4, 0.5) is 0 Å². The molecule has 0 saturated heterocycles.